The van der Waals surface area contributed by atoms with Crippen molar-refractivity contribution in [3.05, 3.63) is 18.2 Å². The number of amides is 1. The molecule has 1 amide bonds. The van der Waals surface area contributed by atoms with Crippen LogP contribution in [0, 0.1) is 11.3 Å². The van der Waals surface area contributed by atoms with Crippen LogP contribution in [0.4, 0.5) is 0 Å². The number of carbonyl (C=O) groups excluding carboxylic acids is 1. The highest BCUT2D eigenvalue weighted by Gasteiger charge is 2.58. The Morgan fingerprint density at radius 3 is 2.88 bits per heavy atom. The second-order valence-electron chi connectivity index (χ2n) is 8.17. The number of hydrogen-bond acceptors (Lipinski definition) is 4. The van der Waals surface area contributed by atoms with Crippen molar-refractivity contribution in [1.82, 2.24) is 19.8 Å². The summed E-state index contributed by atoms with van der Waals surface area (Å²) < 4.78 is 7.89. The van der Waals surface area contributed by atoms with Gasteiger partial charge in [0, 0.05) is 25.5 Å². The van der Waals surface area contributed by atoms with E-state index in [0.29, 0.717) is 23.9 Å². The quantitative estimate of drug-likeness (QED) is 0.816. The van der Waals surface area contributed by atoms with Crippen LogP contribution in [0.3, 0.4) is 0 Å². The maximum atomic E-state index is 13.2. The maximum Gasteiger partial charge on any atom is 0.252 e. The molecule has 1 aromatic heterocycles. The molecule has 1 saturated heterocycles. The summed E-state index contributed by atoms with van der Waals surface area (Å²) in [6.07, 6.45) is 9.34. The van der Waals surface area contributed by atoms with E-state index in [4.69, 9.17) is 4.74 Å². The molecular weight excluding hydrogens is 316 g/mol. The van der Waals surface area contributed by atoms with Crippen LogP contribution in [-0.2, 0) is 23.1 Å². The topological polar surface area (TPSA) is 59.4 Å². The standard InChI is InChI=1S/C19H30N4O2/c1-14(25-13-15-3-4-15)18(24)23(12-17-21-9-10-22(17)2)16-11-19(16)5-7-20-8-6-19/h9-10,14-16,20H,3-8,11-13H2,1-2H3. The first-order chi connectivity index (χ1) is 12.1. The normalized spacial score (nSPS) is 25.8. The zero-order valence-corrected chi connectivity index (χ0v) is 15.4. The number of piperidine rings is 1. The lowest BCUT2D eigenvalue weighted by Gasteiger charge is -2.31. The van der Waals surface area contributed by atoms with Gasteiger partial charge in [-0.2, -0.15) is 0 Å². The Bertz CT molecular complexity index is 619. The molecular formula is C19H30N4O2. The summed E-state index contributed by atoms with van der Waals surface area (Å²) >= 11 is 0. The fourth-order valence-electron chi connectivity index (χ4n) is 4.14. The van der Waals surface area contributed by atoms with E-state index in [1.807, 2.05) is 24.7 Å². The number of nitrogens with zero attached hydrogens (tertiary/aromatic N) is 3. The Kier molecular flexibility index (Phi) is 4.58. The van der Waals surface area contributed by atoms with Crippen LogP contribution in [0.1, 0.15) is 44.9 Å². The number of rotatable bonds is 7. The molecule has 2 unspecified atom stereocenters. The number of carbonyl (C=O) groups is 1. The molecule has 4 rings (SSSR count). The Balaban J connectivity index is 1.47. The van der Waals surface area contributed by atoms with Crippen LogP contribution < -0.4 is 5.32 Å². The minimum absolute atomic E-state index is 0.129. The summed E-state index contributed by atoms with van der Waals surface area (Å²) in [6.45, 7) is 5.35. The van der Waals surface area contributed by atoms with Crippen molar-refractivity contribution in [1.29, 1.82) is 0 Å². The summed E-state index contributed by atoms with van der Waals surface area (Å²) in [5.41, 5.74) is 0.322. The van der Waals surface area contributed by atoms with E-state index in [1.54, 1.807) is 6.20 Å². The lowest BCUT2D eigenvalue weighted by Crippen LogP contribution is -2.44. The molecule has 0 aromatic carbocycles. The molecule has 2 atom stereocenters. The molecule has 0 radical (unpaired) electrons. The minimum Gasteiger partial charge on any atom is -0.368 e. The molecule has 6 nitrogen and oxygen atoms in total. The number of hydrogen-bond donors (Lipinski definition) is 1. The van der Waals surface area contributed by atoms with Crippen LogP contribution in [0.15, 0.2) is 12.4 Å². The zero-order valence-electron chi connectivity index (χ0n) is 15.4. The van der Waals surface area contributed by atoms with E-state index >= 15 is 0 Å². The number of imidazole rings is 1. The van der Waals surface area contributed by atoms with Gasteiger partial charge in [-0.3, -0.25) is 4.79 Å². The molecule has 138 valence electrons. The van der Waals surface area contributed by atoms with Crippen LogP contribution in [0.25, 0.3) is 0 Å². The van der Waals surface area contributed by atoms with Gasteiger partial charge in [-0.1, -0.05) is 0 Å². The van der Waals surface area contributed by atoms with Crippen LogP contribution in [0.2, 0.25) is 0 Å². The van der Waals surface area contributed by atoms with E-state index in [2.05, 4.69) is 15.2 Å². The molecule has 1 spiro atoms. The number of aromatic nitrogens is 2. The number of aryl methyl sites for hydroxylation is 1. The summed E-state index contributed by atoms with van der Waals surface area (Å²) in [5.74, 6) is 1.75. The van der Waals surface area contributed by atoms with Crippen LogP contribution in [0.5, 0.6) is 0 Å². The van der Waals surface area contributed by atoms with Crippen molar-refractivity contribution in [3.63, 3.8) is 0 Å². The zero-order chi connectivity index (χ0) is 17.4. The average Bonchev–Trinajstić information content (AvgIpc) is 3.52. The predicted molar refractivity (Wildman–Crippen MR) is 94.8 cm³/mol. The van der Waals surface area contributed by atoms with E-state index in [-0.39, 0.29) is 12.0 Å². The highest BCUT2D eigenvalue weighted by molar-refractivity contribution is 5.81. The van der Waals surface area contributed by atoms with Gasteiger partial charge in [-0.25, -0.2) is 4.98 Å². The van der Waals surface area contributed by atoms with Gasteiger partial charge in [0.2, 0.25) is 0 Å². The Labute approximate surface area is 149 Å². The SMILES string of the molecule is CC(OCC1CC1)C(=O)N(Cc1nccn1C)C1CC12CCNCC2. The van der Waals surface area contributed by atoms with Crippen molar-refractivity contribution in [3.8, 4) is 0 Å². The van der Waals surface area contributed by atoms with Gasteiger partial charge in [0.05, 0.1) is 13.2 Å². The average molecular weight is 346 g/mol. The Hall–Kier alpha value is -1.40. The third kappa shape index (κ3) is 3.60. The fourth-order valence-corrected chi connectivity index (χ4v) is 4.14. The molecule has 6 heteroatoms. The second kappa shape index (κ2) is 6.72. The van der Waals surface area contributed by atoms with Crippen molar-refractivity contribution in [2.75, 3.05) is 19.7 Å². The first-order valence-corrected chi connectivity index (χ1v) is 9.68. The van der Waals surface area contributed by atoms with Gasteiger partial charge in [-0.15, -0.1) is 0 Å². The Morgan fingerprint density at radius 1 is 1.48 bits per heavy atom. The summed E-state index contributed by atoms with van der Waals surface area (Å²) in [7, 11) is 1.99. The number of nitrogens with one attached hydrogen (secondary N) is 1. The fraction of sp³-hybridized carbons (Fsp3) is 0.789. The highest BCUT2D eigenvalue weighted by atomic mass is 16.5. The molecule has 1 aliphatic heterocycles. The van der Waals surface area contributed by atoms with Crippen LogP contribution >= 0.6 is 0 Å². The number of ether oxygens (including phenoxy) is 1. The maximum absolute atomic E-state index is 13.2. The van der Waals surface area contributed by atoms with Gasteiger partial charge in [-0.05, 0) is 63.5 Å². The smallest absolute Gasteiger partial charge is 0.252 e. The van der Waals surface area contributed by atoms with Gasteiger partial charge >= 0.3 is 0 Å². The lowest BCUT2D eigenvalue weighted by molar-refractivity contribution is -0.145. The van der Waals surface area contributed by atoms with Gasteiger partial charge in [0.15, 0.2) is 0 Å². The molecule has 2 heterocycles. The van der Waals surface area contributed by atoms with Gasteiger partial charge in [0.1, 0.15) is 11.9 Å². The minimum atomic E-state index is -0.361. The van der Waals surface area contributed by atoms with Crippen molar-refractivity contribution in [2.24, 2.45) is 18.4 Å². The van der Waals surface area contributed by atoms with Crippen molar-refractivity contribution < 1.29 is 9.53 Å². The summed E-state index contributed by atoms with van der Waals surface area (Å²) in [6, 6.07) is 0.339. The van der Waals surface area contributed by atoms with E-state index in [9.17, 15) is 4.79 Å². The molecule has 3 fully saturated rings. The summed E-state index contributed by atoms with van der Waals surface area (Å²) in [5, 5.41) is 3.44. The Morgan fingerprint density at radius 2 is 2.24 bits per heavy atom. The van der Waals surface area contributed by atoms with Crippen molar-refractivity contribution in [2.45, 2.75) is 57.7 Å². The van der Waals surface area contributed by atoms with E-state index in [1.165, 1.54) is 25.7 Å². The first-order valence-electron chi connectivity index (χ1n) is 9.68. The molecule has 3 aliphatic rings. The monoisotopic (exact) mass is 346 g/mol. The predicted octanol–water partition coefficient (Wildman–Crippen LogP) is 1.71. The van der Waals surface area contributed by atoms with Gasteiger partial charge in [0.25, 0.3) is 5.91 Å². The van der Waals surface area contributed by atoms with E-state index < -0.39 is 0 Å². The van der Waals surface area contributed by atoms with Gasteiger partial charge < -0.3 is 19.5 Å². The lowest BCUT2D eigenvalue weighted by atomic mass is 9.93. The first kappa shape index (κ1) is 17.0. The molecule has 25 heavy (non-hydrogen) atoms. The third-order valence-electron chi connectivity index (χ3n) is 6.26. The molecule has 0 bridgehead atoms. The molecule has 1 aromatic rings. The second-order valence-corrected chi connectivity index (χ2v) is 8.17. The molecule has 2 aliphatic carbocycles. The van der Waals surface area contributed by atoms with Crippen LogP contribution in [-0.4, -0.2) is 52.2 Å². The largest absolute Gasteiger partial charge is 0.368 e. The summed E-state index contributed by atoms with van der Waals surface area (Å²) in [4.78, 5) is 19.7. The third-order valence-corrected chi connectivity index (χ3v) is 6.26. The van der Waals surface area contributed by atoms with Crippen molar-refractivity contribution >= 4 is 5.91 Å². The molecule has 1 N–H and O–H groups in total. The van der Waals surface area contributed by atoms with E-state index in [0.717, 1.165) is 31.9 Å². The highest BCUT2D eigenvalue weighted by Crippen LogP contribution is 2.56. The molecule has 2 saturated carbocycles.